The van der Waals surface area contributed by atoms with Gasteiger partial charge in [0.1, 0.15) is 12.1 Å². The zero-order valence-corrected chi connectivity index (χ0v) is 14.1. The molecule has 0 spiro atoms. The van der Waals surface area contributed by atoms with Crippen LogP contribution in [0.3, 0.4) is 0 Å². The second-order valence-corrected chi connectivity index (χ2v) is 7.68. The summed E-state index contributed by atoms with van der Waals surface area (Å²) in [7, 11) is -3.12. The first-order valence-corrected chi connectivity index (χ1v) is 9.18. The Morgan fingerprint density at radius 3 is 2.43 bits per heavy atom. The minimum absolute atomic E-state index is 0.142. The highest BCUT2D eigenvalue weighted by Crippen LogP contribution is 2.17. The van der Waals surface area contributed by atoms with Crippen LogP contribution in [-0.4, -0.2) is 64.4 Å². The SMILES string of the molecule is CCS(=O)(=O)N1CCN(c2cc(-n3ccc(C)n3)ncn2)CC1. The summed E-state index contributed by atoms with van der Waals surface area (Å²) in [6.07, 6.45) is 3.37. The fourth-order valence-corrected chi connectivity index (χ4v) is 3.64. The van der Waals surface area contributed by atoms with Gasteiger partial charge >= 0.3 is 0 Å². The van der Waals surface area contributed by atoms with E-state index < -0.39 is 10.0 Å². The Kier molecular flexibility index (Phi) is 4.31. The predicted molar refractivity (Wildman–Crippen MR) is 87.1 cm³/mol. The van der Waals surface area contributed by atoms with Gasteiger partial charge in [0.15, 0.2) is 5.82 Å². The lowest BCUT2D eigenvalue weighted by molar-refractivity contribution is 0.384. The number of piperazine rings is 1. The summed E-state index contributed by atoms with van der Waals surface area (Å²) < 4.78 is 27.1. The van der Waals surface area contributed by atoms with Crippen LogP contribution in [0.15, 0.2) is 24.7 Å². The Balaban J connectivity index is 1.74. The molecule has 8 nitrogen and oxygen atoms in total. The van der Waals surface area contributed by atoms with Crippen molar-refractivity contribution in [1.82, 2.24) is 24.1 Å². The third-order valence-corrected chi connectivity index (χ3v) is 5.80. The Morgan fingerprint density at radius 1 is 1.13 bits per heavy atom. The molecular weight excluding hydrogens is 316 g/mol. The molecule has 0 unspecified atom stereocenters. The third kappa shape index (κ3) is 3.35. The summed E-state index contributed by atoms with van der Waals surface area (Å²) in [4.78, 5) is 10.6. The van der Waals surface area contributed by atoms with E-state index in [-0.39, 0.29) is 5.75 Å². The van der Waals surface area contributed by atoms with E-state index in [1.165, 1.54) is 6.33 Å². The van der Waals surface area contributed by atoms with Crippen molar-refractivity contribution in [1.29, 1.82) is 0 Å². The molecule has 0 atom stereocenters. The molecule has 9 heteroatoms. The van der Waals surface area contributed by atoms with Gasteiger partial charge in [-0.2, -0.15) is 9.40 Å². The van der Waals surface area contributed by atoms with Crippen molar-refractivity contribution in [2.75, 3.05) is 36.8 Å². The zero-order chi connectivity index (χ0) is 16.4. The van der Waals surface area contributed by atoms with Gasteiger partial charge in [-0.15, -0.1) is 0 Å². The highest BCUT2D eigenvalue weighted by atomic mass is 32.2. The lowest BCUT2D eigenvalue weighted by atomic mass is 10.3. The Labute approximate surface area is 135 Å². The topological polar surface area (TPSA) is 84.2 Å². The molecular formula is C14H20N6O2S. The summed E-state index contributed by atoms with van der Waals surface area (Å²) >= 11 is 0. The first-order valence-electron chi connectivity index (χ1n) is 7.57. The molecule has 0 aromatic carbocycles. The smallest absolute Gasteiger partial charge is 0.213 e. The maximum absolute atomic E-state index is 11.9. The third-order valence-electron chi connectivity index (χ3n) is 3.92. The van der Waals surface area contributed by atoms with E-state index in [0.717, 1.165) is 11.5 Å². The maximum atomic E-state index is 11.9. The minimum Gasteiger partial charge on any atom is -0.354 e. The maximum Gasteiger partial charge on any atom is 0.213 e. The zero-order valence-electron chi connectivity index (χ0n) is 13.3. The van der Waals surface area contributed by atoms with Crippen LogP contribution in [0.1, 0.15) is 12.6 Å². The van der Waals surface area contributed by atoms with Gasteiger partial charge in [-0.3, -0.25) is 0 Å². The van der Waals surface area contributed by atoms with Crippen LogP contribution < -0.4 is 4.90 Å². The van der Waals surface area contributed by atoms with Crippen molar-refractivity contribution in [3.63, 3.8) is 0 Å². The van der Waals surface area contributed by atoms with Gasteiger partial charge in [0.25, 0.3) is 0 Å². The molecule has 3 heterocycles. The molecule has 2 aromatic rings. The second kappa shape index (κ2) is 6.25. The summed E-state index contributed by atoms with van der Waals surface area (Å²) in [6, 6.07) is 3.78. The number of anilines is 1. The molecule has 1 saturated heterocycles. The number of nitrogens with zero attached hydrogens (tertiary/aromatic N) is 6. The summed E-state index contributed by atoms with van der Waals surface area (Å²) in [6.45, 7) is 5.80. The predicted octanol–water partition coefficient (Wildman–Crippen LogP) is 0.442. The first-order chi connectivity index (χ1) is 11.0. The van der Waals surface area contributed by atoms with E-state index in [4.69, 9.17) is 0 Å². The van der Waals surface area contributed by atoms with Crippen LogP contribution >= 0.6 is 0 Å². The normalized spacial score (nSPS) is 16.7. The Morgan fingerprint density at radius 2 is 1.83 bits per heavy atom. The van der Waals surface area contributed by atoms with E-state index in [2.05, 4.69) is 20.0 Å². The second-order valence-electron chi connectivity index (χ2n) is 5.42. The molecule has 0 radical (unpaired) electrons. The number of hydrogen-bond donors (Lipinski definition) is 0. The van der Waals surface area contributed by atoms with E-state index in [1.54, 1.807) is 15.9 Å². The largest absolute Gasteiger partial charge is 0.354 e. The number of aromatic nitrogens is 4. The van der Waals surface area contributed by atoms with Gasteiger partial charge in [0.2, 0.25) is 10.0 Å². The fourth-order valence-electron chi connectivity index (χ4n) is 2.56. The molecule has 1 aliphatic heterocycles. The van der Waals surface area contributed by atoms with Gasteiger partial charge < -0.3 is 4.90 Å². The summed E-state index contributed by atoms with van der Waals surface area (Å²) in [5, 5.41) is 4.34. The van der Waals surface area contributed by atoms with Gasteiger partial charge in [0.05, 0.1) is 11.4 Å². The summed E-state index contributed by atoms with van der Waals surface area (Å²) in [5.74, 6) is 1.63. The monoisotopic (exact) mass is 336 g/mol. The van der Waals surface area contributed by atoms with Crippen molar-refractivity contribution < 1.29 is 8.42 Å². The quantitative estimate of drug-likeness (QED) is 0.806. The van der Waals surface area contributed by atoms with Gasteiger partial charge in [-0.25, -0.2) is 23.1 Å². The highest BCUT2D eigenvalue weighted by molar-refractivity contribution is 7.89. The van der Waals surface area contributed by atoms with Crippen LogP contribution in [0.5, 0.6) is 0 Å². The van der Waals surface area contributed by atoms with Crippen molar-refractivity contribution in [3.05, 3.63) is 30.4 Å². The van der Waals surface area contributed by atoms with Crippen LogP contribution in [0.2, 0.25) is 0 Å². The van der Waals surface area contributed by atoms with E-state index in [0.29, 0.717) is 32.0 Å². The van der Waals surface area contributed by atoms with Crippen molar-refractivity contribution in [2.45, 2.75) is 13.8 Å². The molecule has 0 saturated carbocycles. The standard InChI is InChI=1S/C14H20N6O2S/c1-3-23(21,22)19-8-6-18(7-9-19)13-10-14(16-11-15-13)20-5-4-12(2)17-20/h4-5,10-11H,3,6-9H2,1-2H3. The molecule has 2 aromatic heterocycles. The highest BCUT2D eigenvalue weighted by Gasteiger charge is 2.26. The molecule has 23 heavy (non-hydrogen) atoms. The van der Waals surface area contributed by atoms with Crippen molar-refractivity contribution >= 4 is 15.8 Å². The van der Waals surface area contributed by atoms with Crippen LogP contribution in [0, 0.1) is 6.92 Å². The van der Waals surface area contributed by atoms with Crippen LogP contribution in [-0.2, 0) is 10.0 Å². The van der Waals surface area contributed by atoms with Crippen LogP contribution in [0.25, 0.3) is 5.82 Å². The molecule has 3 rings (SSSR count). The number of sulfonamides is 1. The van der Waals surface area contributed by atoms with Crippen molar-refractivity contribution in [3.8, 4) is 5.82 Å². The summed E-state index contributed by atoms with van der Waals surface area (Å²) in [5.41, 5.74) is 0.920. The van der Waals surface area contributed by atoms with E-state index in [9.17, 15) is 8.42 Å². The van der Waals surface area contributed by atoms with Gasteiger partial charge in [0, 0.05) is 38.4 Å². The molecule has 0 amide bonds. The Hall–Kier alpha value is -2.00. The average molecular weight is 336 g/mol. The molecule has 1 aliphatic rings. The van der Waals surface area contributed by atoms with Crippen molar-refractivity contribution in [2.24, 2.45) is 0 Å². The lowest BCUT2D eigenvalue weighted by Crippen LogP contribution is -2.49. The van der Waals surface area contributed by atoms with E-state index >= 15 is 0 Å². The Bertz CT molecular complexity index is 780. The fraction of sp³-hybridized carbons (Fsp3) is 0.500. The molecule has 0 aliphatic carbocycles. The number of hydrogen-bond acceptors (Lipinski definition) is 6. The first kappa shape index (κ1) is 15.9. The molecule has 1 fully saturated rings. The number of rotatable bonds is 4. The molecule has 124 valence electrons. The average Bonchev–Trinajstić information content (AvgIpc) is 3.02. The minimum atomic E-state index is -3.12. The van der Waals surface area contributed by atoms with Crippen LogP contribution in [0.4, 0.5) is 5.82 Å². The molecule has 0 N–H and O–H groups in total. The molecule has 0 bridgehead atoms. The van der Waals surface area contributed by atoms with Gasteiger partial charge in [-0.1, -0.05) is 0 Å². The lowest BCUT2D eigenvalue weighted by Gasteiger charge is -2.34. The van der Waals surface area contributed by atoms with E-state index in [1.807, 2.05) is 25.3 Å². The number of aryl methyl sites for hydroxylation is 1. The van der Waals surface area contributed by atoms with Gasteiger partial charge in [-0.05, 0) is 19.9 Å².